The molecule has 0 bridgehead atoms. The van der Waals surface area contributed by atoms with Crippen molar-refractivity contribution in [3.63, 3.8) is 0 Å². The van der Waals surface area contributed by atoms with E-state index >= 15 is 0 Å². The Morgan fingerprint density at radius 1 is 1.43 bits per heavy atom. The zero-order valence-corrected chi connectivity index (χ0v) is 12.8. The van der Waals surface area contributed by atoms with Crippen LogP contribution in [0.25, 0.3) is 5.57 Å². The topological polar surface area (TPSA) is 86.8 Å². The van der Waals surface area contributed by atoms with Gasteiger partial charge in [-0.3, -0.25) is 4.79 Å². The fraction of sp³-hybridized carbons (Fsp3) is 0.294. The SMILES string of the molecule is Cc1onc(CO)c1C(=O)N1CCC=C(c2cccc(O)c2)C1. The molecule has 0 fully saturated rings. The molecule has 0 radical (unpaired) electrons. The van der Waals surface area contributed by atoms with Crippen molar-refractivity contribution in [1.29, 1.82) is 0 Å². The van der Waals surface area contributed by atoms with E-state index in [0.29, 0.717) is 24.4 Å². The Balaban J connectivity index is 1.84. The summed E-state index contributed by atoms with van der Waals surface area (Å²) in [5.74, 6) is 0.412. The first-order chi connectivity index (χ1) is 11.1. The molecule has 6 nitrogen and oxygen atoms in total. The lowest BCUT2D eigenvalue weighted by molar-refractivity contribution is 0.0770. The molecule has 0 unspecified atom stereocenters. The summed E-state index contributed by atoms with van der Waals surface area (Å²) >= 11 is 0. The van der Waals surface area contributed by atoms with Crippen molar-refractivity contribution in [3.8, 4) is 5.75 Å². The number of carbonyl (C=O) groups excluding carboxylic acids is 1. The first-order valence-electron chi connectivity index (χ1n) is 7.44. The standard InChI is InChI=1S/C17H18N2O4/c1-11-16(15(10-20)18-23-11)17(22)19-7-3-5-13(9-19)12-4-2-6-14(21)8-12/h2,4-6,8,20-21H,3,7,9-10H2,1H3. The fourth-order valence-electron chi connectivity index (χ4n) is 2.79. The molecule has 2 N–H and O–H groups in total. The van der Waals surface area contributed by atoms with E-state index in [1.54, 1.807) is 30.0 Å². The second-order valence-electron chi connectivity index (χ2n) is 5.51. The second kappa shape index (κ2) is 6.26. The maximum atomic E-state index is 12.7. The number of aromatic nitrogens is 1. The monoisotopic (exact) mass is 314 g/mol. The Kier molecular flexibility index (Phi) is 4.16. The maximum Gasteiger partial charge on any atom is 0.259 e. The summed E-state index contributed by atoms with van der Waals surface area (Å²) in [6, 6.07) is 6.98. The van der Waals surface area contributed by atoms with Gasteiger partial charge in [-0.25, -0.2) is 0 Å². The number of carbonyl (C=O) groups is 1. The summed E-state index contributed by atoms with van der Waals surface area (Å²) in [4.78, 5) is 14.4. The maximum absolute atomic E-state index is 12.7. The van der Waals surface area contributed by atoms with Gasteiger partial charge in [0.1, 0.15) is 22.8 Å². The van der Waals surface area contributed by atoms with Crippen molar-refractivity contribution < 1.29 is 19.5 Å². The van der Waals surface area contributed by atoms with Crippen molar-refractivity contribution >= 4 is 11.5 Å². The average Bonchev–Trinajstić information content (AvgIpc) is 2.95. The zero-order chi connectivity index (χ0) is 16.4. The van der Waals surface area contributed by atoms with Crippen LogP contribution < -0.4 is 0 Å². The molecule has 2 heterocycles. The van der Waals surface area contributed by atoms with Gasteiger partial charge >= 0.3 is 0 Å². The first-order valence-corrected chi connectivity index (χ1v) is 7.44. The van der Waals surface area contributed by atoms with Gasteiger partial charge in [0.05, 0.1) is 6.61 Å². The molecule has 1 amide bonds. The van der Waals surface area contributed by atoms with Gasteiger partial charge in [-0.15, -0.1) is 0 Å². The summed E-state index contributed by atoms with van der Waals surface area (Å²) in [5.41, 5.74) is 2.48. The molecule has 1 aliphatic rings. The Bertz CT molecular complexity index is 764. The third-order valence-corrected chi connectivity index (χ3v) is 3.95. The van der Waals surface area contributed by atoms with Gasteiger partial charge in [-0.05, 0) is 36.6 Å². The number of aromatic hydroxyl groups is 1. The van der Waals surface area contributed by atoms with E-state index in [1.807, 2.05) is 6.07 Å². The Hall–Kier alpha value is -2.60. The highest BCUT2D eigenvalue weighted by Crippen LogP contribution is 2.25. The molecular formula is C17H18N2O4. The van der Waals surface area contributed by atoms with Crippen molar-refractivity contribution in [2.45, 2.75) is 20.0 Å². The predicted octanol–water partition coefficient (Wildman–Crippen LogP) is 2.11. The number of phenols is 1. The summed E-state index contributed by atoms with van der Waals surface area (Å²) in [7, 11) is 0. The summed E-state index contributed by atoms with van der Waals surface area (Å²) in [5, 5.41) is 22.6. The van der Waals surface area contributed by atoms with Crippen LogP contribution in [0.4, 0.5) is 0 Å². The molecule has 6 heteroatoms. The van der Waals surface area contributed by atoms with Gasteiger partial charge in [0.25, 0.3) is 5.91 Å². The number of aryl methyl sites for hydroxylation is 1. The van der Waals surface area contributed by atoms with E-state index in [4.69, 9.17) is 4.52 Å². The molecule has 120 valence electrons. The van der Waals surface area contributed by atoms with E-state index in [-0.39, 0.29) is 24.0 Å². The quantitative estimate of drug-likeness (QED) is 0.906. The van der Waals surface area contributed by atoms with E-state index < -0.39 is 0 Å². The number of amides is 1. The molecule has 0 saturated heterocycles. The molecule has 1 aliphatic heterocycles. The minimum Gasteiger partial charge on any atom is -0.508 e. The van der Waals surface area contributed by atoms with Crippen LogP contribution in [0.3, 0.4) is 0 Å². The van der Waals surface area contributed by atoms with Gasteiger partial charge in [0, 0.05) is 13.1 Å². The highest BCUT2D eigenvalue weighted by molar-refractivity contribution is 5.97. The Labute approximate surface area is 133 Å². The number of aliphatic hydroxyl groups excluding tert-OH is 1. The molecule has 0 atom stereocenters. The molecule has 0 spiro atoms. The lowest BCUT2D eigenvalue weighted by atomic mass is 10.00. The van der Waals surface area contributed by atoms with Gasteiger partial charge in [0.15, 0.2) is 0 Å². The van der Waals surface area contributed by atoms with E-state index in [2.05, 4.69) is 11.2 Å². The number of phenolic OH excluding ortho intramolecular Hbond substituents is 1. The largest absolute Gasteiger partial charge is 0.508 e. The van der Waals surface area contributed by atoms with Crippen LogP contribution in [0.2, 0.25) is 0 Å². The predicted molar refractivity (Wildman–Crippen MR) is 83.8 cm³/mol. The number of aliphatic hydroxyl groups is 1. The normalized spacial score (nSPS) is 14.7. The summed E-state index contributed by atoms with van der Waals surface area (Å²) in [6.45, 7) is 2.37. The van der Waals surface area contributed by atoms with Crippen LogP contribution in [0.5, 0.6) is 5.75 Å². The molecule has 2 aromatic rings. The highest BCUT2D eigenvalue weighted by atomic mass is 16.5. The van der Waals surface area contributed by atoms with Gasteiger partial charge < -0.3 is 19.6 Å². The molecule has 3 rings (SSSR count). The van der Waals surface area contributed by atoms with E-state index in [0.717, 1.165) is 17.6 Å². The van der Waals surface area contributed by atoms with Gasteiger partial charge in [0.2, 0.25) is 0 Å². The summed E-state index contributed by atoms with van der Waals surface area (Å²) in [6.07, 6.45) is 2.81. The van der Waals surface area contributed by atoms with Crippen LogP contribution in [-0.2, 0) is 6.61 Å². The number of nitrogens with zero attached hydrogens (tertiary/aromatic N) is 2. The van der Waals surface area contributed by atoms with Crippen LogP contribution in [0.1, 0.15) is 33.8 Å². The first kappa shape index (κ1) is 15.3. The lowest BCUT2D eigenvalue weighted by Gasteiger charge is -2.27. The third-order valence-electron chi connectivity index (χ3n) is 3.95. The second-order valence-corrected chi connectivity index (χ2v) is 5.51. The molecule has 0 aliphatic carbocycles. The Morgan fingerprint density at radius 2 is 2.26 bits per heavy atom. The molecule has 23 heavy (non-hydrogen) atoms. The fourth-order valence-corrected chi connectivity index (χ4v) is 2.79. The van der Waals surface area contributed by atoms with E-state index in [1.165, 1.54) is 0 Å². The number of hydrogen-bond acceptors (Lipinski definition) is 5. The van der Waals surface area contributed by atoms with Crippen molar-refractivity contribution in [2.24, 2.45) is 0 Å². The molecule has 1 aromatic heterocycles. The minimum atomic E-state index is -0.332. The van der Waals surface area contributed by atoms with Crippen molar-refractivity contribution in [1.82, 2.24) is 10.1 Å². The number of hydrogen-bond donors (Lipinski definition) is 2. The van der Waals surface area contributed by atoms with Crippen molar-refractivity contribution in [3.05, 3.63) is 52.9 Å². The smallest absolute Gasteiger partial charge is 0.259 e. The van der Waals surface area contributed by atoms with Crippen LogP contribution in [-0.4, -0.2) is 39.3 Å². The number of benzene rings is 1. The van der Waals surface area contributed by atoms with Crippen molar-refractivity contribution in [2.75, 3.05) is 13.1 Å². The van der Waals surface area contributed by atoms with Gasteiger partial charge in [-0.2, -0.15) is 0 Å². The molecule has 0 saturated carbocycles. The summed E-state index contributed by atoms with van der Waals surface area (Å²) < 4.78 is 5.02. The molecular weight excluding hydrogens is 296 g/mol. The van der Waals surface area contributed by atoms with Crippen LogP contribution in [0.15, 0.2) is 34.9 Å². The third kappa shape index (κ3) is 2.98. The van der Waals surface area contributed by atoms with E-state index in [9.17, 15) is 15.0 Å². The average molecular weight is 314 g/mol. The van der Waals surface area contributed by atoms with Crippen LogP contribution >= 0.6 is 0 Å². The Morgan fingerprint density at radius 3 is 3.00 bits per heavy atom. The zero-order valence-electron chi connectivity index (χ0n) is 12.8. The minimum absolute atomic E-state index is 0.196. The number of rotatable bonds is 3. The highest BCUT2D eigenvalue weighted by Gasteiger charge is 2.26. The van der Waals surface area contributed by atoms with Crippen LogP contribution in [0, 0.1) is 6.92 Å². The van der Waals surface area contributed by atoms with Gasteiger partial charge in [-0.1, -0.05) is 23.4 Å². The lowest BCUT2D eigenvalue weighted by Crippen LogP contribution is -2.36. The molecule has 1 aromatic carbocycles.